The number of carbonyl (C=O) groups excluding carboxylic acids is 2. The number of alkyl halides is 2. The van der Waals surface area contributed by atoms with E-state index < -0.39 is 29.4 Å². The van der Waals surface area contributed by atoms with E-state index in [2.05, 4.69) is 9.47 Å². The van der Waals surface area contributed by atoms with Crippen LogP contribution in [-0.4, -0.2) is 44.3 Å². The summed E-state index contributed by atoms with van der Waals surface area (Å²) in [6, 6.07) is 0. The molecule has 7 heteroatoms. The fraction of sp³-hybridized carbons (Fsp3) is 0.875. The molecule has 0 bridgehead atoms. The number of methoxy groups -OCH3 is 1. The van der Waals surface area contributed by atoms with Crippen LogP contribution in [0.1, 0.15) is 47.5 Å². The van der Waals surface area contributed by atoms with E-state index in [-0.39, 0.29) is 25.6 Å². The first-order valence-corrected chi connectivity index (χ1v) is 7.74. The third kappa shape index (κ3) is 6.81. The molecule has 0 saturated heterocycles. The van der Waals surface area contributed by atoms with E-state index in [1.807, 2.05) is 0 Å². The van der Waals surface area contributed by atoms with Gasteiger partial charge in [-0.2, -0.15) is 8.78 Å². The van der Waals surface area contributed by atoms with Crippen molar-refractivity contribution in [2.45, 2.75) is 59.5 Å². The van der Waals surface area contributed by atoms with E-state index in [1.165, 1.54) is 7.11 Å². The molecule has 1 atom stereocenters. The zero-order valence-corrected chi connectivity index (χ0v) is 14.8. The number of carbonyl (C=O) groups is 2. The molecular formula is C16H28F2O5. The second-order valence-corrected chi connectivity index (χ2v) is 6.51. The number of ether oxygens (including phenoxy) is 3. The van der Waals surface area contributed by atoms with Gasteiger partial charge in [0, 0.05) is 7.11 Å². The molecule has 0 aromatic rings. The molecule has 0 heterocycles. The normalized spacial score (nSPS) is 13.8. The number of esters is 2. The van der Waals surface area contributed by atoms with Crippen LogP contribution in [0, 0.1) is 11.3 Å². The summed E-state index contributed by atoms with van der Waals surface area (Å²) >= 11 is 0. The highest BCUT2D eigenvalue weighted by atomic mass is 19.3. The molecule has 0 fully saturated rings. The molecule has 0 aromatic carbocycles. The van der Waals surface area contributed by atoms with Gasteiger partial charge in [-0.3, -0.25) is 4.79 Å². The highest BCUT2D eigenvalue weighted by molar-refractivity contribution is 5.80. The van der Waals surface area contributed by atoms with Crippen LogP contribution >= 0.6 is 0 Å². The van der Waals surface area contributed by atoms with Crippen molar-refractivity contribution in [3.63, 3.8) is 0 Å². The van der Waals surface area contributed by atoms with Crippen LogP contribution in [0.4, 0.5) is 8.78 Å². The van der Waals surface area contributed by atoms with Gasteiger partial charge in [-0.1, -0.05) is 20.8 Å². The van der Waals surface area contributed by atoms with Crippen molar-refractivity contribution < 1.29 is 32.6 Å². The van der Waals surface area contributed by atoms with Crippen molar-refractivity contribution in [3.8, 4) is 0 Å². The second kappa shape index (κ2) is 9.15. The van der Waals surface area contributed by atoms with Gasteiger partial charge >= 0.3 is 17.9 Å². The van der Waals surface area contributed by atoms with Gasteiger partial charge in [0.15, 0.2) is 6.10 Å². The standard InChI is InChI=1S/C16H28F2O5/c1-7-15(4,5)13(19)23-12(10-11(2)3)16(17,18)14(20)22-9-8-21-6/h11-12H,7-10H2,1-6H3. The Kier molecular flexibility index (Phi) is 8.66. The molecule has 1 unspecified atom stereocenters. The predicted octanol–water partition coefficient (Wildman–Crippen LogP) is 3.21. The average molecular weight is 338 g/mol. The molecule has 0 aliphatic rings. The maximum atomic E-state index is 14.3. The maximum Gasteiger partial charge on any atom is 0.381 e. The smallest absolute Gasteiger partial charge is 0.381 e. The molecule has 0 aliphatic heterocycles. The van der Waals surface area contributed by atoms with Gasteiger partial charge in [0.1, 0.15) is 6.61 Å². The van der Waals surface area contributed by atoms with Gasteiger partial charge in [-0.05, 0) is 32.6 Å². The maximum absolute atomic E-state index is 14.3. The van der Waals surface area contributed by atoms with Crippen LogP contribution in [0.25, 0.3) is 0 Å². The second-order valence-electron chi connectivity index (χ2n) is 6.51. The van der Waals surface area contributed by atoms with Gasteiger partial charge in [0.05, 0.1) is 12.0 Å². The molecule has 0 rings (SSSR count). The Balaban J connectivity index is 5.13. The molecule has 0 N–H and O–H groups in total. The van der Waals surface area contributed by atoms with Crippen molar-refractivity contribution in [3.05, 3.63) is 0 Å². The molecule has 0 aliphatic carbocycles. The van der Waals surface area contributed by atoms with Crippen molar-refractivity contribution >= 4 is 11.9 Å². The highest BCUT2D eigenvalue weighted by Crippen LogP contribution is 2.31. The molecule has 0 saturated carbocycles. The van der Waals surface area contributed by atoms with E-state index in [0.29, 0.717) is 6.42 Å². The first kappa shape index (κ1) is 21.8. The lowest BCUT2D eigenvalue weighted by Gasteiger charge is -2.30. The molecular weight excluding hydrogens is 310 g/mol. The average Bonchev–Trinajstić information content (AvgIpc) is 2.45. The number of rotatable bonds is 10. The lowest BCUT2D eigenvalue weighted by atomic mass is 9.90. The third-order valence-corrected chi connectivity index (χ3v) is 3.57. The minimum Gasteiger partial charge on any atom is -0.459 e. The molecule has 0 radical (unpaired) electrons. The van der Waals surface area contributed by atoms with Crippen LogP contribution in [0.3, 0.4) is 0 Å². The van der Waals surface area contributed by atoms with E-state index in [9.17, 15) is 18.4 Å². The Morgan fingerprint density at radius 1 is 1.09 bits per heavy atom. The van der Waals surface area contributed by atoms with Gasteiger partial charge in [0.25, 0.3) is 0 Å². The minimum absolute atomic E-state index is 0.0132. The first-order chi connectivity index (χ1) is 10.5. The van der Waals surface area contributed by atoms with Crippen LogP contribution in [0.15, 0.2) is 0 Å². The molecule has 0 spiro atoms. The van der Waals surface area contributed by atoms with Gasteiger partial charge in [0.2, 0.25) is 0 Å². The molecule has 23 heavy (non-hydrogen) atoms. The SMILES string of the molecule is CCC(C)(C)C(=O)OC(CC(C)C)C(F)(F)C(=O)OCCOC. The van der Waals surface area contributed by atoms with Gasteiger partial charge in [-0.25, -0.2) is 4.79 Å². The quantitative estimate of drug-likeness (QED) is 0.452. The topological polar surface area (TPSA) is 61.8 Å². The van der Waals surface area contributed by atoms with E-state index >= 15 is 0 Å². The van der Waals surface area contributed by atoms with E-state index in [4.69, 9.17) is 4.74 Å². The Morgan fingerprint density at radius 2 is 1.65 bits per heavy atom. The summed E-state index contributed by atoms with van der Waals surface area (Å²) in [5.41, 5.74) is -0.898. The fourth-order valence-electron chi connectivity index (χ4n) is 1.58. The zero-order valence-electron chi connectivity index (χ0n) is 14.8. The third-order valence-electron chi connectivity index (χ3n) is 3.57. The lowest BCUT2D eigenvalue weighted by molar-refractivity contribution is -0.204. The fourth-order valence-corrected chi connectivity index (χ4v) is 1.58. The monoisotopic (exact) mass is 338 g/mol. The van der Waals surface area contributed by atoms with Gasteiger partial charge in [-0.15, -0.1) is 0 Å². The number of hydrogen-bond acceptors (Lipinski definition) is 5. The van der Waals surface area contributed by atoms with Crippen molar-refractivity contribution in [1.82, 2.24) is 0 Å². The Hall–Kier alpha value is -1.24. The van der Waals surface area contributed by atoms with Crippen LogP contribution in [0.2, 0.25) is 0 Å². The van der Waals surface area contributed by atoms with Crippen LogP contribution < -0.4 is 0 Å². The molecule has 136 valence electrons. The zero-order chi connectivity index (χ0) is 18.3. The highest BCUT2D eigenvalue weighted by Gasteiger charge is 2.52. The van der Waals surface area contributed by atoms with Crippen molar-refractivity contribution in [2.75, 3.05) is 20.3 Å². The van der Waals surface area contributed by atoms with E-state index in [1.54, 1.807) is 34.6 Å². The summed E-state index contributed by atoms with van der Waals surface area (Å²) in [6.45, 7) is 8.12. The summed E-state index contributed by atoms with van der Waals surface area (Å²) in [6.07, 6.45) is -1.56. The Labute approximate surface area is 136 Å². The summed E-state index contributed by atoms with van der Waals surface area (Å²) < 4.78 is 42.8. The van der Waals surface area contributed by atoms with E-state index in [0.717, 1.165) is 0 Å². The first-order valence-electron chi connectivity index (χ1n) is 7.74. The minimum atomic E-state index is -3.91. The summed E-state index contributed by atoms with van der Waals surface area (Å²) in [5, 5.41) is 0. The van der Waals surface area contributed by atoms with Crippen molar-refractivity contribution in [2.24, 2.45) is 11.3 Å². The summed E-state index contributed by atoms with van der Waals surface area (Å²) in [7, 11) is 1.36. The largest absolute Gasteiger partial charge is 0.459 e. The van der Waals surface area contributed by atoms with Gasteiger partial charge < -0.3 is 14.2 Å². The van der Waals surface area contributed by atoms with Crippen molar-refractivity contribution in [1.29, 1.82) is 0 Å². The lowest BCUT2D eigenvalue weighted by Crippen LogP contribution is -2.47. The van der Waals surface area contributed by atoms with Crippen LogP contribution in [0.5, 0.6) is 0 Å². The number of halogens is 2. The molecule has 5 nitrogen and oxygen atoms in total. The van der Waals surface area contributed by atoms with Crippen LogP contribution in [-0.2, 0) is 23.8 Å². The Bertz CT molecular complexity index is 394. The predicted molar refractivity (Wildman–Crippen MR) is 81.2 cm³/mol. The number of hydrogen-bond donors (Lipinski definition) is 0. The summed E-state index contributed by atoms with van der Waals surface area (Å²) in [5.74, 6) is -6.55. The molecule has 0 amide bonds. The molecule has 0 aromatic heterocycles. The summed E-state index contributed by atoms with van der Waals surface area (Å²) in [4.78, 5) is 23.7. The Morgan fingerprint density at radius 3 is 2.09 bits per heavy atom.